The lowest BCUT2D eigenvalue weighted by Crippen LogP contribution is -2.23. The molecule has 2 rings (SSSR count). The van der Waals surface area contributed by atoms with E-state index in [1.807, 2.05) is 19.0 Å². The molecule has 1 aromatic carbocycles. The van der Waals surface area contributed by atoms with Gasteiger partial charge in [0.1, 0.15) is 0 Å². The van der Waals surface area contributed by atoms with Gasteiger partial charge in [-0.05, 0) is 17.7 Å². The van der Waals surface area contributed by atoms with Crippen molar-refractivity contribution >= 4 is 28.3 Å². The zero-order valence-electron chi connectivity index (χ0n) is 10.0. The van der Waals surface area contributed by atoms with E-state index in [9.17, 15) is 10.1 Å². The van der Waals surface area contributed by atoms with Crippen LogP contribution < -0.4 is 0 Å². The largest absolute Gasteiger partial charge is 0.356 e. The second-order valence-electron chi connectivity index (χ2n) is 3.92. The third kappa shape index (κ3) is 2.67. The Hall–Kier alpha value is -1.89. The summed E-state index contributed by atoms with van der Waals surface area (Å²) in [4.78, 5) is 12.0. The highest BCUT2D eigenvalue weighted by molar-refractivity contribution is 8.14. The highest BCUT2D eigenvalue weighted by atomic mass is 32.2. The van der Waals surface area contributed by atoms with Crippen molar-refractivity contribution in [3.8, 4) is 0 Å². The molecule has 1 heterocycles. The van der Waals surface area contributed by atoms with Gasteiger partial charge in [0.15, 0.2) is 5.17 Å². The Balaban J connectivity index is 2.21. The Kier molecular flexibility index (Phi) is 3.61. The van der Waals surface area contributed by atoms with Crippen molar-refractivity contribution in [1.82, 2.24) is 4.90 Å². The molecule has 0 N–H and O–H groups in total. The van der Waals surface area contributed by atoms with E-state index in [0.717, 1.165) is 22.2 Å². The normalized spacial score (nSPS) is 14.8. The van der Waals surface area contributed by atoms with Gasteiger partial charge in [0.25, 0.3) is 5.69 Å². The summed E-state index contributed by atoms with van der Waals surface area (Å²) in [6, 6.07) is 6.36. The Morgan fingerprint density at radius 2 is 1.94 bits per heavy atom. The van der Waals surface area contributed by atoms with E-state index in [-0.39, 0.29) is 5.69 Å². The molecule has 0 saturated heterocycles. The van der Waals surface area contributed by atoms with Gasteiger partial charge >= 0.3 is 0 Å². The van der Waals surface area contributed by atoms with Gasteiger partial charge < -0.3 is 4.90 Å². The van der Waals surface area contributed by atoms with Crippen LogP contribution in [0.2, 0.25) is 0 Å². The molecular weight excluding hydrogens is 252 g/mol. The Bertz CT molecular complexity index is 522. The minimum absolute atomic E-state index is 0.0836. The summed E-state index contributed by atoms with van der Waals surface area (Å²) in [6.45, 7) is 0. The average molecular weight is 264 g/mol. The van der Waals surface area contributed by atoms with E-state index in [1.54, 1.807) is 23.9 Å². The second kappa shape index (κ2) is 5.18. The van der Waals surface area contributed by atoms with Gasteiger partial charge in [0.05, 0.1) is 10.6 Å². The molecule has 0 fully saturated rings. The zero-order chi connectivity index (χ0) is 13.1. The van der Waals surface area contributed by atoms with Crippen LogP contribution in [0.3, 0.4) is 0 Å². The number of hydrogen-bond acceptors (Lipinski definition) is 6. The van der Waals surface area contributed by atoms with Crippen molar-refractivity contribution in [2.45, 2.75) is 0 Å². The van der Waals surface area contributed by atoms with Crippen molar-refractivity contribution in [3.05, 3.63) is 39.9 Å². The minimum atomic E-state index is -0.413. The van der Waals surface area contributed by atoms with Crippen LogP contribution in [0.5, 0.6) is 0 Å². The summed E-state index contributed by atoms with van der Waals surface area (Å²) in [5.41, 5.74) is 1.79. The van der Waals surface area contributed by atoms with Crippen LogP contribution in [0.15, 0.2) is 34.5 Å². The molecule has 0 aliphatic carbocycles. The number of non-ortho nitro benzene ring substituents is 1. The van der Waals surface area contributed by atoms with Crippen molar-refractivity contribution < 1.29 is 4.92 Å². The molecule has 0 atom stereocenters. The molecule has 0 unspecified atom stereocenters. The number of nitro groups is 1. The summed E-state index contributed by atoms with van der Waals surface area (Å²) in [6.07, 6.45) is 0. The molecule has 0 spiro atoms. The predicted octanol–water partition coefficient (Wildman–Crippen LogP) is 1.96. The maximum Gasteiger partial charge on any atom is 0.269 e. The van der Waals surface area contributed by atoms with Crippen LogP contribution in [-0.2, 0) is 0 Å². The van der Waals surface area contributed by atoms with Crippen molar-refractivity contribution in [1.29, 1.82) is 0 Å². The fourth-order valence-corrected chi connectivity index (χ4v) is 2.28. The fourth-order valence-electron chi connectivity index (χ4n) is 1.43. The molecule has 0 saturated carbocycles. The molecule has 94 valence electrons. The maximum atomic E-state index is 10.6. The molecule has 1 aromatic rings. The fraction of sp³-hybridized carbons (Fsp3) is 0.273. The predicted molar refractivity (Wildman–Crippen MR) is 73.2 cm³/mol. The summed E-state index contributed by atoms with van der Waals surface area (Å²) in [7, 11) is 3.83. The standard InChI is InChI=1S/C11H12N4O2S/c1-14(2)11-13-12-10(7-18-11)8-3-5-9(6-4-8)15(16)17/h3-6H,7H2,1-2H3. The number of nitro benzene ring substituents is 1. The van der Waals surface area contributed by atoms with Crippen LogP contribution in [0.25, 0.3) is 0 Å². The lowest BCUT2D eigenvalue weighted by Gasteiger charge is -2.17. The number of amidine groups is 1. The summed E-state index contributed by atoms with van der Waals surface area (Å²) in [5.74, 6) is 0.717. The van der Waals surface area contributed by atoms with E-state index < -0.39 is 4.92 Å². The summed E-state index contributed by atoms with van der Waals surface area (Å²) >= 11 is 1.60. The first-order chi connectivity index (χ1) is 8.58. The number of benzene rings is 1. The first-order valence-electron chi connectivity index (χ1n) is 5.27. The number of thioether (sulfide) groups is 1. The third-order valence-corrected chi connectivity index (χ3v) is 3.51. The van der Waals surface area contributed by atoms with Crippen LogP contribution in [0, 0.1) is 10.1 Å². The van der Waals surface area contributed by atoms with E-state index >= 15 is 0 Å². The quantitative estimate of drug-likeness (QED) is 0.604. The SMILES string of the molecule is CN(C)C1=NN=C(c2ccc([N+](=O)[O-])cc2)CS1. The molecule has 0 bridgehead atoms. The molecule has 1 aliphatic heterocycles. The van der Waals surface area contributed by atoms with Gasteiger partial charge in [-0.3, -0.25) is 10.1 Å². The van der Waals surface area contributed by atoms with Crippen molar-refractivity contribution in [3.63, 3.8) is 0 Å². The van der Waals surface area contributed by atoms with E-state index in [0.29, 0.717) is 0 Å². The lowest BCUT2D eigenvalue weighted by molar-refractivity contribution is -0.384. The molecule has 7 heteroatoms. The number of nitrogens with zero attached hydrogens (tertiary/aromatic N) is 4. The maximum absolute atomic E-state index is 10.6. The first kappa shape index (κ1) is 12.6. The monoisotopic (exact) mass is 264 g/mol. The Morgan fingerprint density at radius 3 is 2.39 bits per heavy atom. The van der Waals surface area contributed by atoms with Gasteiger partial charge in [0.2, 0.25) is 0 Å². The molecule has 6 nitrogen and oxygen atoms in total. The van der Waals surface area contributed by atoms with Crippen molar-refractivity contribution in [2.24, 2.45) is 10.2 Å². The van der Waals surface area contributed by atoms with Gasteiger partial charge in [-0.1, -0.05) is 11.8 Å². The van der Waals surface area contributed by atoms with Gasteiger partial charge in [0, 0.05) is 32.0 Å². The average Bonchev–Trinajstić information content (AvgIpc) is 2.39. The number of rotatable bonds is 2. The van der Waals surface area contributed by atoms with Crippen LogP contribution >= 0.6 is 11.8 Å². The molecule has 0 aromatic heterocycles. The number of hydrogen-bond donors (Lipinski definition) is 0. The molecular formula is C11H12N4O2S. The molecule has 0 radical (unpaired) electrons. The van der Waals surface area contributed by atoms with Crippen LogP contribution in [0.1, 0.15) is 5.56 Å². The Morgan fingerprint density at radius 1 is 1.28 bits per heavy atom. The highest BCUT2D eigenvalue weighted by Gasteiger charge is 2.14. The van der Waals surface area contributed by atoms with Gasteiger partial charge in [-0.15, -0.1) is 5.10 Å². The molecule has 0 amide bonds. The third-order valence-electron chi connectivity index (χ3n) is 2.39. The zero-order valence-corrected chi connectivity index (χ0v) is 10.8. The minimum Gasteiger partial charge on any atom is -0.356 e. The van der Waals surface area contributed by atoms with Crippen LogP contribution in [-0.4, -0.2) is 40.6 Å². The summed E-state index contributed by atoms with van der Waals surface area (Å²) < 4.78 is 0. The second-order valence-corrected chi connectivity index (χ2v) is 4.86. The Labute approximate surface area is 109 Å². The molecule has 1 aliphatic rings. The van der Waals surface area contributed by atoms with Gasteiger partial charge in [-0.25, -0.2) is 0 Å². The smallest absolute Gasteiger partial charge is 0.269 e. The first-order valence-corrected chi connectivity index (χ1v) is 6.26. The van der Waals surface area contributed by atoms with Gasteiger partial charge in [-0.2, -0.15) is 5.10 Å². The highest BCUT2D eigenvalue weighted by Crippen LogP contribution is 2.19. The van der Waals surface area contributed by atoms with Crippen LogP contribution in [0.4, 0.5) is 5.69 Å². The topological polar surface area (TPSA) is 71.1 Å². The van der Waals surface area contributed by atoms with E-state index in [2.05, 4.69) is 10.2 Å². The van der Waals surface area contributed by atoms with E-state index in [4.69, 9.17) is 0 Å². The molecule has 18 heavy (non-hydrogen) atoms. The van der Waals surface area contributed by atoms with Crippen molar-refractivity contribution in [2.75, 3.05) is 19.8 Å². The lowest BCUT2D eigenvalue weighted by atomic mass is 10.1. The summed E-state index contributed by atoms with van der Waals surface area (Å²) in [5, 5.41) is 19.7. The van der Waals surface area contributed by atoms with E-state index in [1.165, 1.54) is 12.1 Å².